The van der Waals surface area contributed by atoms with Crippen LogP contribution in [0.15, 0.2) is 0 Å². The van der Waals surface area contributed by atoms with Gasteiger partial charge in [-0.2, -0.15) is 0 Å². The molecule has 0 spiro atoms. The standard InChI is InChI=1S/C7H14N2O.2ClH.H3N.Pt/c8-9-7(10)6-4-2-1-3-5-6;;;;/h6H,1-5,8H2,(H,9,10);2*1H;1H3;/q;;;;+2/p-2. The third kappa shape index (κ3) is 8.01. The van der Waals surface area contributed by atoms with Gasteiger partial charge in [0.2, 0.25) is 5.91 Å². The Hall–Kier alpha value is 0.658. The number of hydrogen-bond donors (Lipinski definition) is 3. The summed E-state index contributed by atoms with van der Waals surface area (Å²) in [5.74, 6) is 5.21. The molecule has 1 saturated carbocycles. The number of halogens is 2. The van der Waals surface area contributed by atoms with Crippen molar-refractivity contribution < 1.29 is 50.7 Å². The van der Waals surface area contributed by atoms with Gasteiger partial charge in [0.25, 0.3) is 0 Å². The van der Waals surface area contributed by atoms with Gasteiger partial charge in [-0.15, -0.1) is 0 Å². The number of hydrazine groups is 1. The van der Waals surface area contributed by atoms with E-state index in [1.54, 1.807) is 0 Å². The molecule has 0 aliphatic heterocycles. The topological polar surface area (TPSA) is 90.1 Å². The molecular formula is C7H17Cl2N3OPt. The Morgan fingerprint density at radius 2 is 1.57 bits per heavy atom. The van der Waals surface area contributed by atoms with Crippen molar-refractivity contribution in [3.05, 3.63) is 0 Å². The molecule has 0 radical (unpaired) electrons. The second kappa shape index (κ2) is 13.7. The maximum Gasteiger partial charge on any atom is 2.00 e. The first-order valence-electron chi connectivity index (χ1n) is 3.85. The zero-order valence-electron chi connectivity index (χ0n) is 7.88. The fourth-order valence-electron chi connectivity index (χ4n) is 1.48. The molecule has 0 aromatic heterocycles. The predicted molar refractivity (Wildman–Crippen MR) is 43.9 cm³/mol. The van der Waals surface area contributed by atoms with Crippen LogP contribution in [-0.2, 0) is 25.9 Å². The average molecular weight is 425 g/mol. The number of carbonyl (C=O) groups is 1. The Morgan fingerprint density at radius 3 is 1.93 bits per heavy atom. The number of hydrogen-bond acceptors (Lipinski definition) is 3. The molecule has 1 amide bonds. The third-order valence-electron chi connectivity index (χ3n) is 2.12. The molecule has 0 atom stereocenters. The molecule has 0 aromatic carbocycles. The van der Waals surface area contributed by atoms with E-state index >= 15 is 0 Å². The van der Waals surface area contributed by atoms with E-state index in [1.807, 2.05) is 0 Å². The van der Waals surface area contributed by atoms with Crippen molar-refractivity contribution in [1.82, 2.24) is 11.6 Å². The van der Waals surface area contributed by atoms with E-state index in [0.29, 0.717) is 0 Å². The molecule has 7 heteroatoms. The first kappa shape index (κ1) is 24.1. The van der Waals surface area contributed by atoms with Gasteiger partial charge in [0.15, 0.2) is 0 Å². The summed E-state index contributed by atoms with van der Waals surface area (Å²) in [5.41, 5.74) is 2.20. The Morgan fingerprint density at radius 1 is 1.14 bits per heavy atom. The number of amides is 1. The second-order valence-corrected chi connectivity index (χ2v) is 2.84. The Balaban J connectivity index is -0.000000125. The van der Waals surface area contributed by atoms with Gasteiger partial charge in [-0.3, -0.25) is 10.2 Å². The molecule has 1 aliphatic rings. The van der Waals surface area contributed by atoms with E-state index in [9.17, 15) is 4.79 Å². The third-order valence-corrected chi connectivity index (χ3v) is 2.12. The van der Waals surface area contributed by atoms with Gasteiger partial charge in [-0.05, 0) is 12.8 Å². The fraction of sp³-hybridized carbons (Fsp3) is 0.857. The fourth-order valence-corrected chi connectivity index (χ4v) is 1.48. The summed E-state index contributed by atoms with van der Waals surface area (Å²) in [7, 11) is 0. The molecule has 0 unspecified atom stereocenters. The summed E-state index contributed by atoms with van der Waals surface area (Å²) >= 11 is 0. The van der Waals surface area contributed by atoms with Gasteiger partial charge in [-0.25, -0.2) is 5.84 Å². The molecule has 0 heterocycles. The van der Waals surface area contributed by atoms with E-state index < -0.39 is 0 Å². The van der Waals surface area contributed by atoms with Crippen LogP contribution in [0.5, 0.6) is 0 Å². The number of carbonyl (C=O) groups excluding carboxylic acids is 1. The van der Waals surface area contributed by atoms with Crippen molar-refractivity contribution in [2.24, 2.45) is 11.8 Å². The quantitative estimate of drug-likeness (QED) is 0.223. The summed E-state index contributed by atoms with van der Waals surface area (Å²) < 4.78 is 0. The van der Waals surface area contributed by atoms with E-state index in [4.69, 9.17) is 5.84 Å². The van der Waals surface area contributed by atoms with E-state index in [1.165, 1.54) is 19.3 Å². The van der Waals surface area contributed by atoms with Crippen molar-refractivity contribution in [2.45, 2.75) is 32.1 Å². The van der Waals surface area contributed by atoms with Crippen molar-refractivity contribution >= 4 is 5.91 Å². The maximum absolute atomic E-state index is 10.9. The number of rotatable bonds is 1. The molecular weight excluding hydrogens is 408 g/mol. The van der Waals surface area contributed by atoms with Crippen LogP contribution in [0.1, 0.15) is 32.1 Å². The second-order valence-electron chi connectivity index (χ2n) is 2.84. The van der Waals surface area contributed by atoms with Crippen molar-refractivity contribution in [3.63, 3.8) is 0 Å². The minimum absolute atomic E-state index is 0. The zero-order valence-corrected chi connectivity index (χ0v) is 11.7. The number of nitrogens with one attached hydrogen (secondary N) is 1. The van der Waals surface area contributed by atoms with E-state index in [-0.39, 0.29) is 63.9 Å². The van der Waals surface area contributed by atoms with Crippen molar-refractivity contribution in [2.75, 3.05) is 0 Å². The van der Waals surface area contributed by atoms with Crippen LogP contribution in [-0.4, -0.2) is 5.91 Å². The van der Waals surface area contributed by atoms with Gasteiger partial charge < -0.3 is 31.0 Å². The molecule has 1 rings (SSSR count). The van der Waals surface area contributed by atoms with Crippen LogP contribution in [0, 0.1) is 5.92 Å². The molecule has 0 bridgehead atoms. The van der Waals surface area contributed by atoms with Crippen LogP contribution in [0.4, 0.5) is 0 Å². The normalized spacial score (nSPS) is 14.6. The first-order chi connectivity index (χ1) is 4.84. The van der Waals surface area contributed by atoms with Crippen LogP contribution < -0.4 is 42.2 Å². The van der Waals surface area contributed by atoms with Crippen LogP contribution in [0.3, 0.4) is 0 Å². The molecule has 0 saturated heterocycles. The molecule has 0 aromatic rings. The number of nitrogens with two attached hydrogens (primary N) is 1. The van der Waals surface area contributed by atoms with Gasteiger partial charge in [0.1, 0.15) is 0 Å². The van der Waals surface area contributed by atoms with Gasteiger partial charge >= 0.3 is 21.1 Å². The van der Waals surface area contributed by atoms with Gasteiger partial charge in [0, 0.05) is 5.92 Å². The minimum atomic E-state index is 0. The molecule has 90 valence electrons. The minimum Gasteiger partial charge on any atom is -1.00 e. The van der Waals surface area contributed by atoms with E-state index in [0.717, 1.165) is 12.8 Å². The Bertz CT molecular complexity index is 134. The first-order valence-corrected chi connectivity index (χ1v) is 3.85. The van der Waals surface area contributed by atoms with Gasteiger partial charge in [0.05, 0.1) is 0 Å². The largest absolute Gasteiger partial charge is 2.00 e. The predicted octanol–water partition coefficient (Wildman–Crippen LogP) is -5.28. The SMILES string of the molecule is N.NNC(=O)C1CCCCC1.[Cl-].[Cl-].[Pt+2]. The molecule has 1 aliphatic carbocycles. The Kier molecular flexibility index (Phi) is 23.5. The zero-order chi connectivity index (χ0) is 7.40. The monoisotopic (exact) mass is 424 g/mol. The molecule has 6 N–H and O–H groups in total. The van der Waals surface area contributed by atoms with E-state index in [2.05, 4.69) is 5.43 Å². The molecule has 4 nitrogen and oxygen atoms in total. The van der Waals surface area contributed by atoms with Crippen LogP contribution in [0.25, 0.3) is 0 Å². The van der Waals surface area contributed by atoms with Crippen molar-refractivity contribution in [3.8, 4) is 0 Å². The smallest absolute Gasteiger partial charge is 1.00 e. The summed E-state index contributed by atoms with van der Waals surface area (Å²) in [6, 6.07) is 0. The van der Waals surface area contributed by atoms with Gasteiger partial charge in [-0.1, -0.05) is 19.3 Å². The average Bonchev–Trinajstić information content (AvgIpc) is 2.05. The summed E-state index contributed by atoms with van der Waals surface area (Å²) in [5, 5.41) is 0. The summed E-state index contributed by atoms with van der Waals surface area (Å²) in [6.07, 6.45) is 5.66. The maximum atomic E-state index is 10.9. The Labute approximate surface area is 112 Å². The molecule has 14 heavy (non-hydrogen) atoms. The summed E-state index contributed by atoms with van der Waals surface area (Å²) in [6.45, 7) is 0. The van der Waals surface area contributed by atoms with Crippen molar-refractivity contribution in [1.29, 1.82) is 0 Å². The molecule has 1 fully saturated rings. The van der Waals surface area contributed by atoms with Crippen LogP contribution >= 0.6 is 0 Å². The summed E-state index contributed by atoms with van der Waals surface area (Å²) in [4.78, 5) is 10.9. The van der Waals surface area contributed by atoms with Crippen LogP contribution in [0.2, 0.25) is 0 Å².